The van der Waals surface area contributed by atoms with E-state index in [1.165, 1.54) is 24.0 Å². The maximum absolute atomic E-state index is 12.4. The van der Waals surface area contributed by atoms with E-state index in [1.807, 2.05) is 6.07 Å². The number of rotatable bonds is 4. The predicted molar refractivity (Wildman–Crippen MR) is 98.7 cm³/mol. The van der Waals surface area contributed by atoms with Crippen LogP contribution in [-0.4, -0.2) is 29.2 Å². The third-order valence-electron chi connectivity index (χ3n) is 4.62. The van der Waals surface area contributed by atoms with E-state index in [0.717, 1.165) is 23.1 Å². The molecule has 1 aliphatic heterocycles. The van der Waals surface area contributed by atoms with Crippen LogP contribution >= 0.6 is 28.3 Å². The molecule has 5 nitrogen and oxygen atoms in total. The number of nitrogens with one attached hydrogen (secondary N) is 3. The Morgan fingerprint density at radius 1 is 1.33 bits per heavy atom. The Balaban J connectivity index is 0.00000169. The normalized spacial score (nSPS) is 19.3. The van der Waals surface area contributed by atoms with Gasteiger partial charge in [0.2, 0.25) is 0 Å². The van der Waals surface area contributed by atoms with Gasteiger partial charge < -0.3 is 10.6 Å². The molecular formula is C17H20BrClN4O. The van der Waals surface area contributed by atoms with Crippen molar-refractivity contribution in [2.75, 3.05) is 13.1 Å². The van der Waals surface area contributed by atoms with Gasteiger partial charge in [0.1, 0.15) is 0 Å². The van der Waals surface area contributed by atoms with E-state index in [0.29, 0.717) is 18.2 Å². The van der Waals surface area contributed by atoms with Crippen molar-refractivity contribution in [1.82, 2.24) is 20.8 Å². The largest absolute Gasteiger partial charge is 0.349 e. The van der Waals surface area contributed by atoms with Crippen LogP contribution in [0.4, 0.5) is 0 Å². The molecule has 1 amide bonds. The fourth-order valence-corrected chi connectivity index (χ4v) is 3.87. The Kier molecular flexibility index (Phi) is 5.27. The first-order valence-corrected chi connectivity index (χ1v) is 8.86. The van der Waals surface area contributed by atoms with Crippen LogP contribution in [0, 0.1) is 0 Å². The number of H-pyrrole nitrogens is 1. The van der Waals surface area contributed by atoms with Crippen molar-refractivity contribution in [1.29, 1.82) is 0 Å². The standard InChI is InChI=1S/C17H19BrN4O.ClH/c18-14-15(11-5-6-11)21-22-16(14)17(23)20-9-13-12-4-2-1-3-10(12)7-8-19-13;/h1-4,11,13,19H,5-9H2,(H,20,23)(H,21,22);1H. The molecule has 0 radical (unpaired) electrons. The van der Waals surface area contributed by atoms with Crippen LogP contribution in [0.1, 0.15) is 52.1 Å². The quantitative estimate of drug-likeness (QED) is 0.724. The number of hydrogen-bond donors (Lipinski definition) is 3. The van der Waals surface area contributed by atoms with Gasteiger partial charge in [-0.3, -0.25) is 9.89 Å². The number of aromatic nitrogens is 2. The molecule has 1 aliphatic carbocycles. The van der Waals surface area contributed by atoms with Crippen LogP contribution in [0.25, 0.3) is 0 Å². The van der Waals surface area contributed by atoms with Crippen LogP contribution in [0.15, 0.2) is 28.7 Å². The molecule has 128 valence electrons. The van der Waals surface area contributed by atoms with Gasteiger partial charge in [0, 0.05) is 18.5 Å². The number of halogens is 2. The van der Waals surface area contributed by atoms with Crippen molar-refractivity contribution in [3.05, 3.63) is 51.3 Å². The number of carbonyl (C=O) groups excluding carboxylic acids is 1. The molecule has 0 bridgehead atoms. The lowest BCUT2D eigenvalue weighted by atomic mass is 9.94. The minimum atomic E-state index is -0.134. The molecule has 24 heavy (non-hydrogen) atoms. The Labute approximate surface area is 155 Å². The minimum Gasteiger partial charge on any atom is -0.349 e. The Morgan fingerprint density at radius 2 is 2.12 bits per heavy atom. The maximum atomic E-state index is 12.4. The molecular weight excluding hydrogens is 392 g/mol. The summed E-state index contributed by atoms with van der Waals surface area (Å²) in [4.78, 5) is 12.4. The molecule has 2 aliphatic rings. The SMILES string of the molecule is Cl.O=C(NCC1NCCc2ccccc21)c1n[nH]c(C2CC2)c1Br. The molecule has 7 heteroatoms. The zero-order valence-corrected chi connectivity index (χ0v) is 15.5. The van der Waals surface area contributed by atoms with Gasteiger partial charge in [0.05, 0.1) is 10.2 Å². The highest BCUT2D eigenvalue weighted by Crippen LogP contribution is 2.42. The fraction of sp³-hybridized carbons (Fsp3) is 0.412. The lowest BCUT2D eigenvalue weighted by Crippen LogP contribution is -2.39. The molecule has 0 saturated heterocycles. The lowest BCUT2D eigenvalue weighted by Gasteiger charge is -2.27. The van der Waals surface area contributed by atoms with Crippen LogP contribution in [0.5, 0.6) is 0 Å². The van der Waals surface area contributed by atoms with E-state index in [4.69, 9.17) is 0 Å². The zero-order valence-electron chi connectivity index (χ0n) is 13.1. The van der Waals surface area contributed by atoms with Crippen molar-refractivity contribution in [2.45, 2.75) is 31.2 Å². The highest BCUT2D eigenvalue weighted by atomic mass is 79.9. The van der Waals surface area contributed by atoms with E-state index >= 15 is 0 Å². The molecule has 0 spiro atoms. The van der Waals surface area contributed by atoms with Crippen LogP contribution in [0.2, 0.25) is 0 Å². The molecule has 3 N–H and O–H groups in total. The number of fused-ring (bicyclic) bond motifs is 1. The Hall–Kier alpha value is -1.37. The molecule has 1 fully saturated rings. The summed E-state index contributed by atoms with van der Waals surface area (Å²) in [5.74, 6) is 0.398. The zero-order chi connectivity index (χ0) is 15.8. The summed E-state index contributed by atoms with van der Waals surface area (Å²) >= 11 is 3.51. The highest BCUT2D eigenvalue weighted by molar-refractivity contribution is 9.10. The summed E-state index contributed by atoms with van der Waals surface area (Å²) in [5.41, 5.74) is 4.15. The number of amides is 1. The van der Waals surface area contributed by atoms with E-state index in [9.17, 15) is 4.79 Å². The molecule has 2 heterocycles. The second kappa shape index (κ2) is 7.25. The minimum absolute atomic E-state index is 0. The van der Waals surface area contributed by atoms with Gasteiger partial charge in [-0.1, -0.05) is 24.3 Å². The van der Waals surface area contributed by atoms with Crippen LogP contribution < -0.4 is 10.6 Å². The molecule has 1 unspecified atom stereocenters. The van der Waals surface area contributed by atoms with Gasteiger partial charge in [-0.15, -0.1) is 12.4 Å². The molecule has 1 aromatic carbocycles. The van der Waals surface area contributed by atoms with Crippen molar-refractivity contribution in [3.63, 3.8) is 0 Å². The van der Waals surface area contributed by atoms with Crippen molar-refractivity contribution < 1.29 is 4.79 Å². The summed E-state index contributed by atoms with van der Waals surface area (Å²) in [6.45, 7) is 1.50. The topological polar surface area (TPSA) is 69.8 Å². The number of benzene rings is 1. The van der Waals surface area contributed by atoms with Crippen molar-refractivity contribution >= 4 is 34.2 Å². The summed E-state index contributed by atoms with van der Waals surface area (Å²) in [6, 6.07) is 8.57. The van der Waals surface area contributed by atoms with E-state index in [2.05, 4.69) is 55.0 Å². The van der Waals surface area contributed by atoms with Crippen molar-refractivity contribution in [2.24, 2.45) is 0 Å². The Bertz CT molecular complexity index is 744. The van der Waals surface area contributed by atoms with Crippen LogP contribution in [-0.2, 0) is 6.42 Å². The van der Waals surface area contributed by atoms with Gasteiger partial charge in [-0.25, -0.2) is 0 Å². The monoisotopic (exact) mass is 410 g/mol. The second-order valence-electron chi connectivity index (χ2n) is 6.24. The molecule has 1 saturated carbocycles. The summed E-state index contributed by atoms with van der Waals surface area (Å²) in [6.07, 6.45) is 3.38. The Morgan fingerprint density at radius 3 is 2.92 bits per heavy atom. The average Bonchev–Trinajstić information content (AvgIpc) is 3.35. The molecule has 1 aromatic heterocycles. The van der Waals surface area contributed by atoms with E-state index in [-0.39, 0.29) is 24.4 Å². The average molecular weight is 412 g/mol. The third kappa shape index (κ3) is 3.36. The van der Waals surface area contributed by atoms with E-state index in [1.54, 1.807) is 0 Å². The van der Waals surface area contributed by atoms with Gasteiger partial charge in [0.15, 0.2) is 5.69 Å². The maximum Gasteiger partial charge on any atom is 0.273 e. The first kappa shape index (κ1) is 17.5. The molecule has 1 atom stereocenters. The third-order valence-corrected chi connectivity index (χ3v) is 5.42. The summed E-state index contributed by atoms with van der Waals surface area (Å²) in [7, 11) is 0. The summed E-state index contributed by atoms with van der Waals surface area (Å²) in [5, 5.41) is 13.7. The predicted octanol–water partition coefficient (Wildman–Crippen LogP) is 3.09. The lowest BCUT2D eigenvalue weighted by molar-refractivity contribution is 0.0943. The number of nitrogens with zero attached hydrogens (tertiary/aromatic N) is 1. The highest BCUT2D eigenvalue weighted by Gasteiger charge is 2.30. The van der Waals surface area contributed by atoms with Crippen molar-refractivity contribution in [3.8, 4) is 0 Å². The van der Waals surface area contributed by atoms with Gasteiger partial charge >= 0.3 is 0 Å². The van der Waals surface area contributed by atoms with Gasteiger partial charge in [0.25, 0.3) is 5.91 Å². The summed E-state index contributed by atoms with van der Waals surface area (Å²) < 4.78 is 0.814. The van der Waals surface area contributed by atoms with Gasteiger partial charge in [-0.05, 0) is 52.9 Å². The van der Waals surface area contributed by atoms with Gasteiger partial charge in [-0.2, -0.15) is 5.10 Å². The van der Waals surface area contributed by atoms with Crippen LogP contribution in [0.3, 0.4) is 0 Å². The molecule has 2 aromatic rings. The first-order chi connectivity index (χ1) is 11.2. The number of aromatic amines is 1. The number of carbonyl (C=O) groups is 1. The fourth-order valence-electron chi connectivity index (χ4n) is 3.19. The molecule has 4 rings (SSSR count). The van der Waals surface area contributed by atoms with E-state index < -0.39 is 0 Å². The second-order valence-corrected chi connectivity index (χ2v) is 7.03. The first-order valence-electron chi connectivity index (χ1n) is 8.07. The number of hydrogen-bond acceptors (Lipinski definition) is 3. The smallest absolute Gasteiger partial charge is 0.273 e.